The second-order valence-corrected chi connectivity index (χ2v) is 7.41. The van der Waals surface area contributed by atoms with Gasteiger partial charge in [-0.15, -0.1) is 10.2 Å². The third-order valence-corrected chi connectivity index (χ3v) is 4.97. The van der Waals surface area contributed by atoms with E-state index in [9.17, 15) is 9.59 Å². The Morgan fingerprint density at radius 1 is 0.964 bits per heavy atom. The van der Waals surface area contributed by atoms with Gasteiger partial charge < -0.3 is 5.32 Å². The van der Waals surface area contributed by atoms with E-state index in [1.807, 2.05) is 30.3 Å². The monoisotopic (exact) mass is 394 g/mol. The lowest BCUT2D eigenvalue weighted by atomic mass is 10.1. The van der Waals surface area contributed by atoms with Crippen molar-refractivity contribution in [2.75, 3.05) is 10.6 Å². The maximum absolute atomic E-state index is 12.4. The van der Waals surface area contributed by atoms with Crippen molar-refractivity contribution in [1.29, 1.82) is 0 Å². The standard InChI is InChI=1S/C21H22N4O2S/c1-2-3-9-19-24-25-21(28-19)23-20(27)16-10-12-17(13-11-16)22-18(26)14-15-7-5-4-6-8-15/h4-8,10-13H,2-3,9,14H2,1H3,(H,22,26)(H,23,25,27). The molecule has 0 aliphatic rings. The molecule has 1 aromatic heterocycles. The summed E-state index contributed by atoms with van der Waals surface area (Å²) in [6, 6.07) is 16.3. The van der Waals surface area contributed by atoms with Crippen molar-refractivity contribution in [3.8, 4) is 0 Å². The number of rotatable bonds is 8. The molecule has 0 aliphatic carbocycles. The number of nitrogens with zero attached hydrogens (tertiary/aromatic N) is 2. The normalized spacial score (nSPS) is 10.5. The van der Waals surface area contributed by atoms with Gasteiger partial charge in [0.1, 0.15) is 5.01 Å². The average molecular weight is 395 g/mol. The Morgan fingerprint density at radius 3 is 2.43 bits per heavy atom. The van der Waals surface area contributed by atoms with Crippen molar-refractivity contribution in [3.05, 3.63) is 70.7 Å². The largest absolute Gasteiger partial charge is 0.326 e. The van der Waals surface area contributed by atoms with E-state index in [2.05, 4.69) is 27.8 Å². The molecule has 1 heterocycles. The Bertz CT molecular complexity index is 923. The van der Waals surface area contributed by atoms with Gasteiger partial charge in [0, 0.05) is 17.7 Å². The zero-order valence-corrected chi connectivity index (χ0v) is 16.5. The fourth-order valence-electron chi connectivity index (χ4n) is 2.59. The molecule has 3 aromatic rings. The number of anilines is 2. The highest BCUT2D eigenvalue weighted by atomic mass is 32.1. The predicted octanol–water partition coefficient (Wildman–Crippen LogP) is 4.31. The molecule has 6 nitrogen and oxygen atoms in total. The van der Waals surface area contributed by atoms with Crippen molar-refractivity contribution in [3.63, 3.8) is 0 Å². The number of carbonyl (C=O) groups excluding carboxylic acids is 2. The highest BCUT2D eigenvalue weighted by Crippen LogP contribution is 2.18. The second-order valence-electron chi connectivity index (χ2n) is 6.35. The highest BCUT2D eigenvalue weighted by molar-refractivity contribution is 7.15. The highest BCUT2D eigenvalue weighted by Gasteiger charge is 2.11. The quantitative estimate of drug-likeness (QED) is 0.596. The number of hydrogen-bond acceptors (Lipinski definition) is 5. The second kappa shape index (κ2) is 9.75. The first kappa shape index (κ1) is 19.7. The minimum Gasteiger partial charge on any atom is -0.326 e. The number of carbonyl (C=O) groups is 2. The Kier molecular flexibility index (Phi) is 6.86. The van der Waals surface area contributed by atoms with Gasteiger partial charge in [0.25, 0.3) is 5.91 Å². The fourth-order valence-corrected chi connectivity index (χ4v) is 3.37. The summed E-state index contributed by atoms with van der Waals surface area (Å²) in [6.45, 7) is 2.12. The number of benzene rings is 2. The lowest BCUT2D eigenvalue weighted by Crippen LogP contribution is -2.15. The number of unbranched alkanes of at least 4 members (excludes halogenated alkanes) is 1. The van der Waals surface area contributed by atoms with Gasteiger partial charge in [0.2, 0.25) is 11.0 Å². The van der Waals surface area contributed by atoms with Crippen LogP contribution in [0.1, 0.15) is 40.7 Å². The number of aryl methyl sites for hydroxylation is 1. The van der Waals surface area contributed by atoms with E-state index >= 15 is 0 Å². The maximum atomic E-state index is 12.4. The fraction of sp³-hybridized carbons (Fsp3) is 0.238. The van der Waals surface area contributed by atoms with Crippen LogP contribution >= 0.6 is 11.3 Å². The van der Waals surface area contributed by atoms with Crippen LogP contribution in [0.15, 0.2) is 54.6 Å². The van der Waals surface area contributed by atoms with Gasteiger partial charge in [-0.3, -0.25) is 14.9 Å². The predicted molar refractivity (Wildman–Crippen MR) is 112 cm³/mol. The van der Waals surface area contributed by atoms with Gasteiger partial charge in [-0.2, -0.15) is 0 Å². The van der Waals surface area contributed by atoms with Crippen LogP contribution in [-0.4, -0.2) is 22.0 Å². The van der Waals surface area contributed by atoms with Crippen LogP contribution < -0.4 is 10.6 Å². The van der Waals surface area contributed by atoms with Gasteiger partial charge in [0.15, 0.2) is 0 Å². The molecule has 7 heteroatoms. The molecule has 0 atom stereocenters. The van der Waals surface area contributed by atoms with Crippen molar-refractivity contribution < 1.29 is 9.59 Å². The van der Waals surface area contributed by atoms with Crippen LogP contribution in [0.3, 0.4) is 0 Å². The van der Waals surface area contributed by atoms with E-state index < -0.39 is 0 Å². The number of aromatic nitrogens is 2. The topological polar surface area (TPSA) is 84.0 Å². The zero-order chi connectivity index (χ0) is 19.8. The SMILES string of the molecule is CCCCc1nnc(NC(=O)c2ccc(NC(=O)Cc3ccccc3)cc2)s1. The third-order valence-electron chi connectivity index (χ3n) is 4.07. The summed E-state index contributed by atoms with van der Waals surface area (Å²) in [7, 11) is 0. The molecule has 2 aromatic carbocycles. The van der Waals surface area contributed by atoms with Crippen molar-refractivity contribution in [1.82, 2.24) is 10.2 Å². The number of amides is 2. The molecule has 0 unspecified atom stereocenters. The van der Waals surface area contributed by atoms with Crippen LogP contribution in [-0.2, 0) is 17.6 Å². The van der Waals surface area contributed by atoms with Gasteiger partial charge in [-0.05, 0) is 36.2 Å². The molecule has 0 aliphatic heterocycles. The Hall–Kier alpha value is -3.06. The van der Waals surface area contributed by atoms with Crippen LogP contribution in [0, 0.1) is 0 Å². The molecular formula is C21H22N4O2S. The molecule has 0 bridgehead atoms. The Morgan fingerprint density at radius 2 is 1.71 bits per heavy atom. The van der Waals surface area contributed by atoms with Gasteiger partial charge >= 0.3 is 0 Å². The first-order chi connectivity index (χ1) is 13.6. The van der Waals surface area contributed by atoms with Crippen LogP contribution in [0.2, 0.25) is 0 Å². The van der Waals surface area contributed by atoms with E-state index in [4.69, 9.17) is 0 Å². The minimum atomic E-state index is -0.250. The molecule has 28 heavy (non-hydrogen) atoms. The van der Waals surface area contributed by atoms with Gasteiger partial charge in [0.05, 0.1) is 6.42 Å². The molecular weight excluding hydrogens is 372 g/mol. The molecule has 2 amide bonds. The molecule has 3 rings (SSSR count). The third kappa shape index (κ3) is 5.72. The maximum Gasteiger partial charge on any atom is 0.257 e. The van der Waals surface area contributed by atoms with Crippen molar-refractivity contribution >= 4 is 34.0 Å². The smallest absolute Gasteiger partial charge is 0.257 e. The summed E-state index contributed by atoms with van der Waals surface area (Å²) in [5.74, 6) is -0.350. The lowest BCUT2D eigenvalue weighted by Gasteiger charge is -2.07. The van der Waals surface area contributed by atoms with Crippen LogP contribution in [0.5, 0.6) is 0 Å². The van der Waals surface area contributed by atoms with Crippen molar-refractivity contribution in [2.45, 2.75) is 32.6 Å². The number of hydrogen-bond donors (Lipinski definition) is 2. The van der Waals surface area contributed by atoms with E-state index in [-0.39, 0.29) is 11.8 Å². The first-order valence-electron chi connectivity index (χ1n) is 9.21. The lowest BCUT2D eigenvalue weighted by molar-refractivity contribution is -0.115. The van der Waals surface area contributed by atoms with Gasteiger partial charge in [-0.25, -0.2) is 0 Å². The molecule has 2 N–H and O–H groups in total. The summed E-state index contributed by atoms with van der Waals surface area (Å²) in [6.07, 6.45) is 3.33. The summed E-state index contributed by atoms with van der Waals surface area (Å²) in [5.41, 5.74) is 2.09. The molecule has 0 fully saturated rings. The van der Waals surface area contributed by atoms with Crippen LogP contribution in [0.4, 0.5) is 10.8 Å². The summed E-state index contributed by atoms with van der Waals surface area (Å²) >= 11 is 1.40. The van der Waals surface area contributed by atoms with E-state index in [0.29, 0.717) is 22.8 Å². The van der Waals surface area contributed by atoms with Gasteiger partial charge in [-0.1, -0.05) is 55.0 Å². The molecule has 0 spiro atoms. The Labute approximate surface area is 168 Å². The average Bonchev–Trinajstić information content (AvgIpc) is 3.15. The molecule has 144 valence electrons. The number of nitrogens with one attached hydrogen (secondary N) is 2. The summed E-state index contributed by atoms with van der Waals surface area (Å²) < 4.78 is 0. The van der Waals surface area contributed by atoms with Crippen LogP contribution in [0.25, 0.3) is 0 Å². The molecule has 0 saturated heterocycles. The summed E-state index contributed by atoms with van der Waals surface area (Å²) in [5, 5.41) is 15.1. The Balaban J connectivity index is 1.53. The molecule has 0 saturated carbocycles. The van der Waals surface area contributed by atoms with E-state index in [0.717, 1.165) is 29.8 Å². The van der Waals surface area contributed by atoms with E-state index in [1.165, 1.54) is 11.3 Å². The summed E-state index contributed by atoms with van der Waals surface area (Å²) in [4.78, 5) is 24.5. The minimum absolute atomic E-state index is 0.100. The zero-order valence-electron chi connectivity index (χ0n) is 15.6. The first-order valence-corrected chi connectivity index (χ1v) is 10.0. The van der Waals surface area contributed by atoms with Crippen molar-refractivity contribution in [2.24, 2.45) is 0 Å². The molecule has 0 radical (unpaired) electrons. The van der Waals surface area contributed by atoms with E-state index in [1.54, 1.807) is 24.3 Å².